The number of piperidine rings is 1. The Morgan fingerprint density at radius 1 is 1.53 bits per heavy atom. The van der Waals surface area contributed by atoms with Gasteiger partial charge in [0, 0.05) is 12.6 Å². The Balaban J connectivity index is 2.62. The van der Waals surface area contributed by atoms with Crippen LogP contribution in [-0.4, -0.2) is 60.1 Å². The van der Waals surface area contributed by atoms with Crippen molar-refractivity contribution in [2.45, 2.75) is 45.2 Å². The van der Waals surface area contributed by atoms with Gasteiger partial charge in [0.1, 0.15) is 6.04 Å². The van der Waals surface area contributed by atoms with E-state index < -0.39 is 5.97 Å². The van der Waals surface area contributed by atoms with Crippen LogP contribution in [0.1, 0.15) is 33.1 Å². The number of carboxylic acid groups (broad SMARTS) is 1. The molecule has 1 saturated heterocycles. The first-order valence-corrected chi connectivity index (χ1v) is 6.55. The van der Waals surface area contributed by atoms with Gasteiger partial charge in [-0.2, -0.15) is 0 Å². The Hall–Kier alpha value is -0.610. The molecule has 1 fully saturated rings. The van der Waals surface area contributed by atoms with Gasteiger partial charge in [0.05, 0.1) is 0 Å². The number of likely N-dealkylation sites (N-methyl/N-ethyl adjacent to an activating group) is 2. The van der Waals surface area contributed by atoms with E-state index >= 15 is 0 Å². The van der Waals surface area contributed by atoms with Crippen LogP contribution in [0.5, 0.6) is 0 Å². The molecular formula is C13H26N2O2. The zero-order chi connectivity index (χ0) is 13.0. The van der Waals surface area contributed by atoms with Crippen molar-refractivity contribution in [2.24, 2.45) is 5.92 Å². The predicted molar refractivity (Wildman–Crippen MR) is 69.2 cm³/mol. The first kappa shape index (κ1) is 14.5. The molecule has 100 valence electrons. The third-order valence-corrected chi connectivity index (χ3v) is 3.65. The van der Waals surface area contributed by atoms with E-state index in [-0.39, 0.29) is 6.04 Å². The van der Waals surface area contributed by atoms with E-state index in [1.54, 1.807) is 0 Å². The van der Waals surface area contributed by atoms with Gasteiger partial charge in [0.2, 0.25) is 0 Å². The van der Waals surface area contributed by atoms with Gasteiger partial charge >= 0.3 is 5.97 Å². The molecule has 2 unspecified atom stereocenters. The molecule has 0 radical (unpaired) electrons. The van der Waals surface area contributed by atoms with Crippen molar-refractivity contribution in [3.8, 4) is 0 Å². The molecule has 1 aliphatic rings. The minimum atomic E-state index is -0.686. The Kier molecular flexibility index (Phi) is 5.40. The molecule has 1 rings (SSSR count). The molecule has 4 heteroatoms. The first-order chi connectivity index (χ1) is 7.91. The average Bonchev–Trinajstić information content (AvgIpc) is 2.24. The van der Waals surface area contributed by atoms with E-state index in [9.17, 15) is 9.90 Å². The van der Waals surface area contributed by atoms with Crippen molar-refractivity contribution in [2.75, 3.05) is 27.2 Å². The molecule has 1 aliphatic heterocycles. The molecule has 1 N–H and O–H groups in total. The van der Waals surface area contributed by atoms with Crippen LogP contribution >= 0.6 is 0 Å². The number of aliphatic carboxylic acids is 1. The SMILES string of the molecule is CC(C)CC(C(=O)O)N(C)C1CCCN(C)C1. The quantitative estimate of drug-likeness (QED) is 0.793. The van der Waals surface area contributed by atoms with Crippen LogP contribution in [0.15, 0.2) is 0 Å². The Bertz CT molecular complexity index is 256. The van der Waals surface area contributed by atoms with Crippen molar-refractivity contribution < 1.29 is 9.90 Å². The first-order valence-electron chi connectivity index (χ1n) is 6.55. The summed E-state index contributed by atoms with van der Waals surface area (Å²) in [5.74, 6) is -0.269. The molecule has 0 amide bonds. The summed E-state index contributed by atoms with van der Waals surface area (Å²) in [5, 5.41) is 9.33. The van der Waals surface area contributed by atoms with Crippen molar-refractivity contribution in [3.63, 3.8) is 0 Å². The van der Waals surface area contributed by atoms with E-state index in [0.717, 1.165) is 25.9 Å². The van der Waals surface area contributed by atoms with E-state index in [0.29, 0.717) is 12.0 Å². The number of rotatable bonds is 5. The van der Waals surface area contributed by atoms with Crippen molar-refractivity contribution in [1.82, 2.24) is 9.80 Å². The molecule has 2 atom stereocenters. The van der Waals surface area contributed by atoms with Gasteiger partial charge in [-0.25, -0.2) is 0 Å². The number of carbonyl (C=O) groups is 1. The summed E-state index contributed by atoms with van der Waals surface area (Å²) < 4.78 is 0. The highest BCUT2D eigenvalue weighted by molar-refractivity contribution is 5.73. The Morgan fingerprint density at radius 3 is 2.65 bits per heavy atom. The standard InChI is InChI=1S/C13H26N2O2/c1-10(2)8-12(13(16)17)15(4)11-6-5-7-14(3)9-11/h10-12H,5-9H2,1-4H3,(H,16,17). The summed E-state index contributed by atoms with van der Waals surface area (Å²) in [4.78, 5) is 15.7. The smallest absolute Gasteiger partial charge is 0.320 e. The van der Waals surface area contributed by atoms with Crippen LogP contribution in [0.3, 0.4) is 0 Å². The van der Waals surface area contributed by atoms with Crippen molar-refractivity contribution >= 4 is 5.97 Å². The topological polar surface area (TPSA) is 43.8 Å². The van der Waals surface area contributed by atoms with Crippen LogP contribution in [-0.2, 0) is 4.79 Å². The summed E-state index contributed by atoms with van der Waals surface area (Å²) in [7, 11) is 4.07. The minimum Gasteiger partial charge on any atom is -0.480 e. The number of likely N-dealkylation sites (tertiary alicyclic amines) is 1. The lowest BCUT2D eigenvalue weighted by Crippen LogP contribution is -2.51. The number of hydrogen-bond acceptors (Lipinski definition) is 3. The third kappa shape index (κ3) is 4.28. The third-order valence-electron chi connectivity index (χ3n) is 3.65. The zero-order valence-corrected chi connectivity index (χ0v) is 11.5. The van der Waals surface area contributed by atoms with Gasteiger partial charge in [-0.15, -0.1) is 0 Å². The fraction of sp³-hybridized carbons (Fsp3) is 0.923. The molecule has 0 aliphatic carbocycles. The van der Waals surface area contributed by atoms with Gasteiger partial charge in [-0.3, -0.25) is 9.69 Å². The van der Waals surface area contributed by atoms with Crippen LogP contribution in [0.2, 0.25) is 0 Å². The predicted octanol–water partition coefficient (Wildman–Crippen LogP) is 1.51. The second kappa shape index (κ2) is 6.36. The maximum atomic E-state index is 11.3. The minimum absolute atomic E-state index is 0.341. The highest BCUT2D eigenvalue weighted by Gasteiger charge is 2.30. The molecule has 0 aromatic carbocycles. The highest BCUT2D eigenvalue weighted by Crippen LogP contribution is 2.19. The molecular weight excluding hydrogens is 216 g/mol. The summed E-state index contributed by atoms with van der Waals surface area (Å²) in [5.41, 5.74) is 0. The maximum Gasteiger partial charge on any atom is 0.320 e. The van der Waals surface area contributed by atoms with Crippen LogP contribution in [0, 0.1) is 5.92 Å². The van der Waals surface area contributed by atoms with Crippen molar-refractivity contribution in [1.29, 1.82) is 0 Å². The summed E-state index contributed by atoms with van der Waals surface area (Å²) in [6, 6.07) is 0.0418. The van der Waals surface area contributed by atoms with Crippen LogP contribution in [0.4, 0.5) is 0 Å². The molecule has 0 aromatic rings. The number of nitrogens with zero attached hydrogens (tertiary/aromatic N) is 2. The largest absolute Gasteiger partial charge is 0.480 e. The van der Waals surface area contributed by atoms with Gasteiger partial charge in [0.15, 0.2) is 0 Å². The fourth-order valence-electron chi connectivity index (χ4n) is 2.61. The van der Waals surface area contributed by atoms with Gasteiger partial charge in [-0.1, -0.05) is 13.8 Å². The van der Waals surface area contributed by atoms with E-state index in [1.165, 1.54) is 6.42 Å². The summed E-state index contributed by atoms with van der Waals surface area (Å²) in [6.07, 6.45) is 3.01. The molecule has 0 aromatic heterocycles. The summed E-state index contributed by atoms with van der Waals surface area (Å²) >= 11 is 0. The summed E-state index contributed by atoms with van der Waals surface area (Å²) in [6.45, 7) is 6.28. The lowest BCUT2D eigenvalue weighted by Gasteiger charge is -2.39. The zero-order valence-electron chi connectivity index (χ0n) is 11.5. The normalized spacial score (nSPS) is 24.2. The van der Waals surface area contributed by atoms with Crippen molar-refractivity contribution in [3.05, 3.63) is 0 Å². The average molecular weight is 242 g/mol. The fourth-order valence-corrected chi connectivity index (χ4v) is 2.61. The molecule has 4 nitrogen and oxygen atoms in total. The molecule has 17 heavy (non-hydrogen) atoms. The second-order valence-corrected chi connectivity index (χ2v) is 5.71. The Morgan fingerprint density at radius 2 is 2.18 bits per heavy atom. The van der Waals surface area contributed by atoms with E-state index in [1.807, 2.05) is 7.05 Å². The molecule has 0 saturated carbocycles. The lowest BCUT2D eigenvalue weighted by molar-refractivity contribution is -0.144. The molecule has 0 bridgehead atoms. The van der Waals surface area contributed by atoms with Gasteiger partial charge in [0.25, 0.3) is 0 Å². The second-order valence-electron chi connectivity index (χ2n) is 5.71. The number of carboxylic acids is 1. The Labute approximate surface area is 105 Å². The van der Waals surface area contributed by atoms with E-state index in [4.69, 9.17) is 0 Å². The van der Waals surface area contributed by atoms with Crippen LogP contribution < -0.4 is 0 Å². The van der Waals surface area contributed by atoms with Crippen LogP contribution in [0.25, 0.3) is 0 Å². The van der Waals surface area contributed by atoms with Gasteiger partial charge < -0.3 is 10.0 Å². The maximum absolute atomic E-state index is 11.3. The van der Waals surface area contributed by atoms with Gasteiger partial charge in [-0.05, 0) is 45.8 Å². The molecule has 0 spiro atoms. The lowest BCUT2D eigenvalue weighted by atomic mass is 9.98. The monoisotopic (exact) mass is 242 g/mol. The van der Waals surface area contributed by atoms with E-state index in [2.05, 4.69) is 30.7 Å². The highest BCUT2D eigenvalue weighted by atomic mass is 16.4. The number of hydrogen-bond donors (Lipinski definition) is 1. The molecule has 1 heterocycles.